The molecule has 0 saturated carbocycles. The number of nitrogens with one attached hydrogen (secondary N) is 1. The zero-order valence-electron chi connectivity index (χ0n) is 11.5. The molecule has 5 nitrogen and oxygen atoms in total. The van der Waals surface area contributed by atoms with Crippen LogP contribution in [0, 0.1) is 0 Å². The highest BCUT2D eigenvalue weighted by atomic mass is 16.5. The number of rotatable bonds is 9. The fraction of sp³-hybridized carbons (Fsp3) is 0.500. The number of hydrogen-bond donors (Lipinski definition) is 2. The molecule has 0 aliphatic heterocycles. The van der Waals surface area contributed by atoms with Gasteiger partial charge in [-0.3, -0.25) is 4.79 Å². The number of ether oxygens (including phenoxy) is 2. The van der Waals surface area contributed by atoms with Crippen molar-refractivity contribution in [3.05, 3.63) is 29.8 Å². The minimum absolute atomic E-state index is 0.0361. The van der Waals surface area contributed by atoms with Crippen molar-refractivity contribution in [1.29, 1.82) is 0 Å². The molecule has 0 radical (unpaired) electrons. The van der Waals surface area contributed by atoms with E-state index >= 15 is 0 Å². The van der Waals surface area contributed by atoms with Gasteiger partial charge in [0.25, 0.3) is 0 Å². The third-order valence-corrected chi connectivity index (χ3v) is 2.63. The summed E-state index contributed by atoms with van der Waals surface area (Å²) in [5, 5.41) is 3.31. The Labute approximate surface area is 114 Å². The Morgan fingerprint density at radius 2 is 2.16 bits per heavy atom. The second kappa shape index (κ2) is 8.50. The average molecular weight is 266 g/mol. The van der Waals surface area contributed by atoms with E-state index in [4.69, 9.17) is 15.2 Å². The van der Waals surface area contributed by atoms with Gasteiger partial charge < -0.3 is 20.5 Å². The van der Waals surface area contributed by atoms with Crippen LogP contribution < -0.4 is 15.8 Å². The summed E-state index contributed by atoms with van der Waals surface area (Å²) in [6, 6.07) is 8.09. The van der Waals surface area contributed by atoms with Gasteiger partial charge in [0.2, 0.25) is 5.91 Å². The minimum atomic E-state index is -0.449. The summed E-state index contributed by atoms with van der Waals surface area (Å²) >= 11 is 0. The number of amides is 1. The van der Waals surface area contributed by atoms with Gasteiger partial charge in [0.05, 0.1) is 13.2 Å². The van der Waals surface area contributed by atoms with Crippen molar-refractivity contribution in [2.75, 3.05) is 26.4 Å². The summed E-state index contributed by atoms with van der Waals surface area (Å²) in [6.45, 7) is 5.73. The lowest BCUT2D eigenvalue weighted by molar-refractivity contribution is -0.122. The van der Waals surface area contributed by atoms with Crippen LogP contribution in [0.25, 0.3) is 0 Å². The predicted octanol–water partition coefficient (Wildman–Crippen LogP) is 1.24. The zero-order valence-corrected chi connectivity index (χ0v) is 11.5. The van der Waals surface area contributed by atoms with Gasteiger partial charge in [-0.2, -0.15) is 0 Å². The van der Waals surface area contributed by atoms with Crippen LogP contribution in [0.1, 0.15) is 25.5 Å². The van der Waals surface area contributed by atoms with Crippen LogP contribution in [-0.2, 0) is 9.53 Å². The SMILES string of the molecule is CCOc1ccccc1C(C)NCCOCC(N)=O. The summed E-state index contributed by atoms with van der Waals surface area (Å²) < 4.78 is 10.7. The molecule has 1 amide bonds. The van der Waals surface area contributed by atoms with Crippen LogP contribution in [0.5, 0.6) is 5.75 Å². The van der Waals surface area contributed by atoms with E-state index in [1.165, 1.54) is 0 Å². The van der Waals surface area contributed by atoms with Crippen molar-refractivity contribution in [3.8, 4) is 5.75 Å². The molecule has 0 fully saturated rings. The Morgan fingerprint density at radius 3 is 2.84 bits per heavy atom. The smallest absolute Gasteiger partial charge is 0.243 e. The van der Waals surface area contributed by atoms with Gasteiger partial charge >= 0.3 is 0 Å². The number of primary amides is 1. The quantitative estimate of drug-likeness (QED) is 0.659. The van der Waals surface area contributed by atoms with Crippen molar-refractivity contribution in [2.24, 2.45) is 5.73 Å². The number of nitrogens with two attached hydrogens (primary N) is 1. The fourth-order valence-corrected chi connectivity index (χ4v) is 1.76. The first kappa shape index (κ1) is 15.5. The first-order chi connectivity index (χ1) is 9.15. The van der Waals surface area contributed by atoms with Gasteiger partial charge in [-0.1, -0.05) is 18.2 Å². The summed E-state index contributed by atoms with van der Waals surface area (Å²) in [6.07, 6.45) is 0. The lowest BCUT2D eigenvalue weighted by Gasteiger charge is -2.17. The third-order valence-electron chi connectivity index (χ3n) is 2.63. The van der Waals surface area contributed by atoms with E-state index in [1.54, 1.807) is 0 Å². The maximum absolute atomic E-state index is 10.5. The molecular formula is C14H22N2O3. The fourth-order valence-electron chi connectivity index (χ4n) is 1.76. The Kier molecular flexibility index (Phi) is 6.92. The predicted molar refractivity (Wildman–Crippen MR) is 74.0 cm³/mol. The summed E-state index contributed by atoms with van der Waals surface area (Å²) in [4.78, 5) is 10.5. The molecule has 1 aromatic rings. The van der Waals surface area contributed by atoms with E-state index in [1.807, 2.05) is 31.2 Å². The highest BCUT2D eigenvalue weighted by molar-refractivity contribution is 5.74. The van der Waals surface area contributed by atoms with Gasteiger partial charge in [-0.15, -0.1) is 0 Å². The number of carbonyl (C=O) groups is 1. The largest absolute Gasteiger partial charge is 0.494 e. The Balaban J connectivity index is 2.40. The number of carbonyl (C=O) groups excluding carboxylic acids is 1. The van der Waals surface area contributed by atoms with E-state index in [2.05, 4.69) is 12.2 Å². The van der Waals surface area contributed by atoms with Crippen LogP contribution in [0.15, 0.2) is 24.3 Å². The molecule has 1 aromatic carbocycles. The van der Waals surface area contributed by atoms with E-state index < -0.39 is 5.91 Å². The van der Waals surface area contributed by atoms with Crippen molar-refractivity contribution in [1.82, 2.24) is 5.32 Å². The number of hydrogen-bond acceptors (Lipinski definition) is 4. The second-order valence-electron chi connectivity index (χ2n) is 4.17. The van der Waals surface area contributed by atoms with Gasteiger partial charge in [0.1, 0.15) is 12.4 Å². The molecule has 1 unspecified atom stereocenters. The van der Waals surface area contributed by atoms with E-state index in [9.17, 15) is 4.79 Å². The van der Waals surface area contributed by atoms with Crippen LogP contribution >= 0.6 is 0 Å². The zero-order chi connectivity index (χ0) is 14.1. The summed E-state index contributed by atoms with van der Waals surface area (Å²) in [5.74, 6) is 0.442. The highest BCUT2D eigenvalue weighted by Gasteiger charge is 2.10. The molecule has 0 saturated heterocycles. The molecule has 0 bridgehead atoms. The minimum Gasteiger partial charge on any atom is -0.494 e. The average Bonchev–Trinajstić information content (AvgIpc) is 2.39. The maximum atomic E-state index is 10.5. The molecule has 0 aromatic heterocycles. The van der Waals surface area contributed by atoms with Crippen molar-refractivity contribution >= 4 is 5.91 Å². The normalized spacial score (nSPS) is 12.1. The first-order valence-electron chi connectivity index (χ1n) is 6.46. The standard InChI is InChI=1S/C14H22N2O3/c1-3-19-13-7-5-4-6-12(13)11(2)16-8-9-18-10-14(15)17/h4-7,11,16H,3,8-10H2,1-2H3,(H2,15,17). The van der Waals surface area contributed by atoms with Gasteiger partial charge in [-0.05, 0) is 19.9 Å². The molecule has 3 N–H and O–H groups in total. The topological polar surface area (TPSA) is 73.6 Å². The summed E-state index contributed by atoms with van der Waals surface area (Å²) in [5.41, 5.74) is 6.09. The molecule has 19 heavy (non-hydrogen) atoms. The Hall–Kier alpha value is -1.59. The summed E-state index contributed by atoms with van der Waals surface area (Å²) in [7, 11) is 0. The van der Waals surface area contributed by atoms with E-state index in [0.717, 1.165) is 11.3 Å². The highest BCUT2D eigenvalue weighted by Crippen LogP contribution is 2.24. The van der Waals surface area contributed by atoms with Crippen molar-refractivity contribution < 1.29 is 14.3 Å². The van der Waals surface area contributed by atoms with Crippen molar-refractivity contribution in [3.63, 3.8) is 0 Å². The van der Waals surface area contributed by atoms with Gasteiger partial charge in [0, 0.05) is 18.2 Å². The molecule has 0 heterocycles. The van der Waals surface area contributed by atoms with Crippen molar-refractivity contribution in [2.45, 2.75) is 19.9 Å². The van der Waals surface area contributed by atoms with E-state index in [0.29, 0.717) is 19.8 Å². The lowest BCUT2D eigenvalue weighted by Crippen LogP contribution is -2.26. The van der Waals surface area contributed by atoms with E-state index in [-0.39, 0.29) is 12.6 Å². The van der Waals surface area contributed by atoms with Crippen LogP contribution in [0.3, 0.4) is 0 Å². The molecule has 1 atom stereocenters. The Bertz CT molecular complexity index is 396. The molecule has 1 rings (SSSR count). The monoisotopic (exact) mass is 266 g/mol. The van der Waals surface area contributed by atoms with Gasteiger partial charge in [0.15, 0.2) is 0 Å². The number of benzene rings is 1. The van der Waals surface area contributed by atoms with Crippen LogP contribution in [0.4, 0.5) is 0 Å². The number of para-hydroxylation sites is 1. The van der Waals surface area contributed by atoms with Gasteiger partial charge in [-0.25, -0.2) is 0 Å². The third kappa shape index (κ3) is 5.72. The molecule has 0 aliphatic carbocycles. The molecule has 5 heteroatoms. The van der Waals surface area contributed by atoms with Crippen LogP contribution in [-0.4, -0.2) is 32.3 Å². The molecule has 0 aliphatic rings. The lowest BCUT2D eigenvalue weighted by atomic mass is 10.1. The first-order valence-corrected chi connectivity index (χ1v) is 6.46. The molecule has 106 valence electrons. The van der Waals surface area contributed by atoms with Crippen LogP contribution in [0.2, 0.25) is 0 Å². The molecular weight excluding hydrogens is 244 g/mol. The molecule has 0 spiro atoms. The maximum Gasteiger partial charge on any atom is 0.243 e. The Morgan fingerprint density at radius 1 is 1.42 bits per heavy atom. The second-order valence-corrected chi connectivity index (χ2v) is 4.17.